The van der Waals surface area contributed by atoms with E-state index in [4.69, 9.17) is 4.74 Å². The van der Waals surface area contributed by atoms with E-state index in [0.717, 1.165) is 24.2 Å². The SMILES string of the molecule is COc1ccc(O)c2c1C(C)(C)CCC2(C)C. The fourth-order valence-electron chi connectivity index (χ4n) is 2.97. The Kier molecular flexibility index (Phi) is 2.64. The summed E-state index contributed by atoms with van der Waals surface area (Å²) in [7, 11) is 1.70. The van der Waals surface area contributed by atoms with Crippen LogP contribution in [-0.4, -0.2) is 12.2 Å². The maximum absolute atomic E-state index is 10.2. The summed E-state index contributed by atoms with van der Waals surface area (Å²) in [5.74, 6) is 1.30. The summed E-state index contributed by atoms with van der Waals surface area (Å²) in [6.45, 7) is 8.84. The highest BCUT2D eigenvalue weighted by Gasteiger charge is 2.41. The molecule has 2 nitrogen and oxygen atoms in total. The van der Waals surface area contributed by atoms with Crippen molar-refractivity contribution in [2.45, 2.75) is 51.4 Å². The van der Waals surface area contributed by atoms with Gasteiger partial charge in [-0.2, -0.15) is 0 Å². The van der Waals surface area contributed by atoms with Gasteiger partial charge in [0.05, 0.1) is 7.11 Å². The van der Waals surface area contributed by atoms with Crippen LogP contribution in [0.4, 0.5) is 0 Å². The van der Waals surface area contributed by atoms with Gasteiger partial charge in [-0.15, -0.1) is 0 Å². The highest BCUT2D eigenvalue weighted by molar-refractivity contribution is 5.56. The molecule has 0 fully saturated rings. The van der Waals surface area contributed by atoms with Gasteiger partial charge in [0, 0.05) is 11.1 Å². The van der Waals surface area contributed by atoms with Crippen LogP contribution < -0.4 is 4.74 Å². The highest BCUT2D eigenvalue weighted by Crippen LogP contribution is 2.52. The Morgan fingerprint density at radius 2 is 1.53 bits per heavy atom. The Labute approximate surface area is 104 Å². The van der Waals surface area contributed by atoms with Gasteiger partial charge in [0.25, 0.3) is 0 Å². The zero-order valence-corrected chi connectivity index (χ0v) is 11.4. The van der Waals surface area contributed by atoms with E-state index in [1.165, 1.54) is 5.56 Å². The molecule has 94 valence electrons. The number of phenols is 1. The third-order valence-corrected chi connectivity index (χ3v) is 4.09. The number of phenolic OH excluding ortho intramolecular Hbond substituents is 1. The van der Waals surface area contributed by atoms with Gasteiger partial charge in [-0.05, 0) is 35.8 Å². The van der Waals surface area contributed by atoms with Gasteiger partial charge in [0.15, 0.2) is 0 Å². The van der Waals surface area contributed by atoms with Crippen LogP contribution >= 0.6 is 0 Å². The molecule has 1 aromatic carbocycles. The Bertz CT molecular complexity index is 444. The Balaban J connectivity index is 2.78. The van der Waals surface area contributed by atoms with Crippen LogP contribution in [0.25, 0.3) is 0 Å². The molecule has 0 atom stereocenters. The van der Waals surface area contributed by atoms with Gasteiger partial charge >= 0.3 is 0 Å². The summed E-state index contributed by atoms with van der Waals surface area (Å²) in [5.41, 5.74) is 2.32. The first kappa shape index (κ1) is 12.3. The minimum atomic E-state index is 0.0173. The fourth-order valence-corrected chi connectivity index (χ4v) is 2.97. The summed E-state index contributed by atoms with van der Waals surface area (Å²) in [4.78, 5) is 0. The van der Waals surface area contributed by atoms with E-state index in [0.29, 0.717) is 5.75 Å². The van der Waals surface area contributed by atoms with Crippen molar-refractivity contribution in [3.63, 3.8) is 0 Å². The molecule has 0 heterocycles. The zero-order chi connectivity index (χ0) is 12.8. The standard InChI is InChI=1S/C15H22O2/c1-14(2)8-9-15(3,4)13-11(17-5)7-6-10(16)12(13)14/h6-7,16H,8-9H2,1-5H3. The van der Waals surface area contributed by atoms with Gasteiger partial charge in [0.1, 0.15) is 11.5 Å². The van der Waals surface area contributed by atoms with E-state index in [9.17, 15) is 5.11 Å². The minimum absolute atomic E-state index is 0.0173. The Morgan fingerprint density at radius 3 is 2.06 bits per heavy atom. The number of aromatic hydroxyl groups is 1. The lowest BCUT2D eigenvalue weighted by molar-refractivity contribution is 0.300. The third-order valence-electron chi connectivity index (χ3n) is 4.09. The average molecular weight is 234 g/mol. The van der Waals surface area contributed by atoms with Gasteiger partial charge < -0.3 is 9.84 Å². The number of hydrogen-bond donors (Lipinski definition) is 1. The van der Waals surface area contributed by atoms with Crippen molar-refractivity contribution in [3.05, 3.63) is 23.3 Å². The zero-order valence-electron chi connectivity index (χ0n) is 11.4. The first-order chi connectivity index (χ1) is 7.79. The Morgan fingerprint density at radius 1 is 1.00 bits per heavy atom. The van der Waals surface area contributed by atoms with E-state index in [1.54, 1.807) is 13.2 Å². The highest BCUT2D eigenvalue weighted by atomic mass is 16.5. The molecule has 0 aromatic heterocycles. The monoisotopic (exact) mass is 234 g/mol. The number of benzene rings is 1. The van der Waals surface area contributed by atoms with Gasteiger partial charge in [-0.1, -0.05) is 27.7 Å². The molecule has 0 saturated carbocycles. The van der Waals surface area contributed by atoms with Crippen LogP contribution in [-0.2, 0) is 10.8 Å². The summed E-state index contributed by atoms with van der Waals surface area (Å²) < 4.78 is 5.49. The summed E-state index contributed by atoms with van der Waals surface area (Å²) in [5, 5.41) is 10.2. The van der Waals surface area contributed by atoms with Crippen LogP contribution in [0, 0.1) is 0 Å². The second kappa shape index (κ2) is 3.66. The van der Waals surface area contributed by atoms with Gasteiger partial charge in [-0.25, -0.2) is 0 Å². The quantitative estimate of drug-likeness (QED) is 0.802. The number of methoxy groups -OCH3 is 1. The van der Waals surface area contributed by atoms with E-state index in [2.05, 4.69) is 27.7 Å². The number of rotatable bonds is 1. The molecule has 0 saturated heterocycles. The molecule has 1 aliphatic rings. The summed E-state index contributed by atoms with van der Waals surface area (Å²) >= 11 is 0. The molecule has 2 rings (SSSR count). The largest absolute Gasteiger partial charge is 0.508 e. The maximum atomic E-state index is 10.2. The molecule has 1 aliphatic carbocycles. The van der Waals surface area contributed by atoms with Crippen LogP contribution in [0.1, 0.15) is 51.7 Å². The summed E-state index contributed by atoms with van der Waals surface area (Å²) in [6, 6.07) is 3.62. The van der Waals surface area contributed by atoms with Crippen molar-refractivity contribution in [2.24, 2.45) is 0 Å². The van der Waals surface area contributed by atoms with Gasteiger partial charge in [-0.3, -0.25) is 0 Å². The predicted molar refractivity (Wildman–Crippen MR) is 69.9 cm³/mol. The maximum Gasteiger partial charge on any atom is 0.123 e. The summed E-state index contributed by atoms with van der Waals surface area (Å²) in [6.07, 6.45) is 2.21. The first-order valence-corrected chi connectivity index (χ1v) is 6.20. The third kappa shape index (κ3) is 1.80. The normalized spacial score (nSPS) is 20.8. The van der Waals surface area contributed by atoms with Crippen molar-refractivity contribution < 1.29 is 9.84 Å². The average Bonchev–Trinajstić information content (AvgIpc) is 2.24. The lowest BCUT2D eigenvalue weighted by Crippen LogP contribution is -2.34. The van der Waals surface area contributed by atoms with E-state index in [1.807, 2.05) is 6.07 Å². The fraction of sp³-hybridized carbons (Fsp3) is 0.600. The van der Waals surface area contributed by atoms with E-state index in [-0.39, 0.29) is 10.8 Å². The molecule has 17 heavy (non-hydrogen) atoms. The van der Waals surface area contributed by atoms with Crippen LogP contribution in [0.2, 0.25) is 0 Å². The second-order valence-electron chi connectivity index (χ2n) is 6.30. The van der Waals surface area contributed by atoms with Crippen LogP contribution in [0.3, 0.4) is 0 Å². The lowest BCUT2D eigenvalue weighted by Gasteiger charge is -2.42. The molecule has 0 unspecified atom stereocenters. The van der Waals surface area contributed by atoms with Gasteiger partial charge in [0.2, 0.25) is 0 Å². The van der Waals surface area contributed by atoms with Crippen LogP contribution in [0.15, 0.2) is 12.1 Å². The number of ether oxygens (including phenoxy) is 1. The molecule has 1 N–H and O–H groups in total. The van der Waals surface area contributed by atoms with E-state index >= 15 is 0 Å². The predicted octanol–water partition coefficient (Wildman–Crippen LogP) is 3.75. The van der Waals surface area contributed by atoms with Crippen molar-refractivity contribution in [2.75, 3.05) is 7.11 Å². The van der Waals surface area contributed by atoms with Crippen LogP contribution in [0.5, 0.6) is 11.5 Å². The molecule has 2 heteroatoms. The second-order valence-corrected chi connectivity index (χ2v) is 6.30. The Hall–Kier alpha value is -1.18. The minimum Gasteiger partial charge on any atom is -0.508 e. The number of hydrogen-bond acceptors (Lipinski definition) is 2. The molecule has 1 aromatic rings. The lowest BCUT2D eigenvalue weighted by atomic mass is 9.62. The van der Waals surface area contributed by atoms with Crippen molar-refractivity contribution in [3.8, 4) is 11.5 Å². The molecule has 0 radical (unpaired) electrons. The molecular weight excluding hydrogens is 212 g/mol. The first-order valence-electron chi connectivity index (χ1n) is 6.20. The van der Waals surface area contributed by atoms with Crippen molar-refractivity contribution >= 4 is 0 Å². The van der Waals surface area contributed by atoms with Crippen molar-refractivity contribution in [1.82, 2.24) is 0 Å². The molecule has 0 bridgehead atoms. The smallest absolute Gasteiger partial charge is 0.123 e. The molecule has 0 amide bonds. The van der Waals surface area contributed by atoms with E-state index < -0.39 is 0 Å². The van der Waals surface area contributed by atoms with Crippen molar-refractivity contribution in [1.29, 1.82) is 0 Å². The topological polar surface area (TPSA) is 29.5 Å². The molecule has 0 spiro atoms. The molecular formula is C15H22O2. The molecule has 0 aliphatic heterocycles. The number of fused-ring (bicyclic) bond motifs is 1.